The van der Waals surface area contributed by atoms with Crippen molar-refractivity contribution < 1.29 is 24.4 Å². The van der Waals surface area contributed by atoms with Gasteiger partial charge in [0.05, 0.1) is 10.5 Å². The summed E-state index contributed by atoms with van der Waals surface area (Å²) >= 11 is 1.71. The van der Waals surface area contributed by atoms with Crippen LogP contribution < -0.4 is 5.32 Å². The topological polar surface area (TPSA) is 119 Å². The van der Waals surface area contributed by atoms with Crippen LogP contribution in [-0.4, -0.2) is 22.1 Å². The van der Waals surface area contributed by atoms with E-state index < -0.39 is 22.7 Å². The van der Waals surface area contributed by atoms with E-state index in [2.05, 4.69) is 5.32 Å². The Kier molecular flexibility index (Phi) is 5.68. The number of halogens is 1. The number of carbonyl (C=O) groups is 2. The molecule has 0 saturated heterocycles. The zero-order valence-electron chi connectivity index (χ0n) is 12.1. The van der Waals surface area contributed by atoms with Gasteiger partial charge in [-0.15, -0.1) is 0 Å². The van der Waals surface area contributed by atoms with Crippen molar-refractivity contribution in [3.8, 4) is 0 Å². The highest BCUT2D eigenvalue weighted by Crippen LogP contribution is 2.31. The van der Waals surface area contributed by atoms with Crippen molar-refractivity contribution in [1.29, 1.82) is 0 Å². The number of hydrogen-bond donors (Lipinski definition) is 2. The number of benzene rings is 2. The second-order valence-electron chi connectivity index (χ2n) is 4.60. The Balaban J connectivity index is 2.17. The monoisotopic (exact) mass is 442 g/mol. The van der Waals surface area contributed by atoms with Gasteiger partial charge < -0.3 is 9.84 Å². The first-order valence-corrected chi connectivity index (χ1v) is 7.65. The van der Waals surface area contributed by atoms with Gasteiger partial charge in [0.15, 0.2) is 0 Å². The smallest absolute Gasteiger partial charge is 0.412 e. The zero-order chi connectivity index (χ0) is 17.7. The van der Waals surface area contributed by atoms with Gasteiger partial charge in [-0.05, 0) is 34.2 Å². The molecule has 0 aliphatic heterocycles. The van der Waals surface area contributed by atoms with E-state index in [4.69, 9.17) is 9.84 Å². The summed E-state index contributed by atoms with van der Waals surface area (Å²) in [6, 6.07) is 11.0. The number of aromatic carboxylic acids is 1. The van der Waals surface area contributed by atoms with Gasteiger partial charge in [0.2, 0.25) is 0 Å². The lowest BCUT2D eigenvalue weighted by Gasteiger charge is -2.10. The predicted molar refractivity (Wildman–Crippen MR) is 93.0 cm³/mol. The molecule has 0 spiro atoms. The summed E-state index contributed by atoms with van der Waals surface area (Å²) < 4.78 is 5.23. The van der Waals surface area contributed by atoms with Crippen molar-refractivity contribution >= 4 is 46.0 Å². The molecule has 0 fully saturated rings. The maximum absolute atomic E-state index is 11.9. The van der Waals surface area contributed by atoms with Crippen molar-refractivity contribution in [2.45, 2.75) is 6.61 Å². The van der Waals surface area contributed by atoms with Crippen LogP contribution in [0.4, 0.5) is 16.2 Å². The van der Waals surface area contributed by atoms with Crippen LogP contribution in [0.3, 0.4) is 0 Å². The molecule has 8 nitrogen and oxygen atoms in total. The maximum atomic E-state index is 11.9. The van der Waals surface area contributed by atoms with E-state index in [0.717, 1.165) is 11.6 Å². The van der Waals surface area contributed by atoms with Gasteiger partial charge in [-0.25, -0.2) is 9.59 Å². The highest BCUT2D eigenvalue weighted by molar-refractivity contribution is 14.1. The Bertz CT molecular complexity index is 794. The fourth-order valence-corrected chi connectivity index (χ4v) is 2.59. The first-order chi connectivity index (χ1) is 11.4. The largest absolute Gasteiger partial charge is 0.478 e. The van der Waals surface area contributed by atoms with Crippen LogP contribution in [0.1, 0.15) is 15.9 Å². The van der Waals surface area contributed by atoms with E-state index >= 15 is 0 Å². The van der Waals surface area contributed by atoms with Crippen molar-refractivity contribution in [1.82, 2.24) is 0 Å². The Morgan fingerprint density at radius 1 is 1.25 bits per heavy atom. The highest BCUT2D eigenvalue weighted by atomic mass is 127. The number of nitrogens with zero attached hydrogens (tertiary/aromatic N) is 1. The lowest BCUT2D eigenvalue weighted by Crippen LogP contribution is -2.16. The summed E-state index contributed by atoms with van der Waals surface area (Å²) in [6.07, 6.45) is -0.872. The van der Waals surface area contributed by atoms with Gasteiger partial charge in [0.1, 0.15) is 12.3 Å². The van der Waals surface area contributed by atoms with Crippen molar-refractivity contribution in [3.63, 3.8) is 0 Å². The number of hydrogen-bond acceptors (Lipinski definition) is 5. The molecular formula is C15H11IN2O6. The van der Waals surface area contributed by atoms with Crippen LogP contribution in [0.25, 0.3) is 0 Å². The van der Waals surface area contributed by atoms with Gasteiger partial charge in [0, 0.05) is 9.64 Å². The third kappa shape index (κ3) is 4.41. The summed E-state index contributed by atoms with van der Waals surface area (Å²) in [4.78, 5) is 33.2. The number of nitrogens with one attached hydrogen (secondary N) is 1. The first-order valence-electron chi connectivity index (χ1n) is 6.57. The third-order valence-corrected chi connectivity index (χ3v) is 3.80. The molecule has 0 aliphatic carbocycles. The normalized spacial score (nSPS) is 10.0. The quantitative estimate of drug-likeness (QED) is 0.415. The summed E-state index contributed by atoms with van der Waals surface area (Å²) in [5, 5.41) is 22.4. The Morgan fingerprint density at radius 2 is 1.92 bits per heavy atom. The summed E-state index contributed by atoms with van der Waals surface area (Å²) in [5.41, 5.74) is -0.105. The minimum Gasteiger partial charge on any atom is -0.478 e. The zero-order valence-corrected chi connectivity index (χ0v) is 14.2. The first kappa shape index (κ1) is 17.7. The standard InChI is InChI=1S/C15H11IN2O6/c16-11-6-10(14(19)20)7-12(18(22)23)13(11)17-15(21)24-8-9-4-2-1-3-5-9/h1-7H,8H2,(H,17,21)(H,19,20). The maximum Gasteiger partial charge on any atom is 0.412 e. The second kappa shape index (κ2) is 7.73. The van der Waals surface area contributed by atoms with Crippen LogP contribution in [0.5, 0.6) is 0 Å². The fraction of sp³-hybridized carbons (Fsp3) is 0.0667. The predicted octanol–water partition coefficient (Wildman–Crippen LogP) is 3.65. The molecule has 9 heteroatoms. The van der Waals surface area contributed by atoms with Gasteiger partial charge in [0.25, 0.3) is 5.69 Å². The number of rotatable bonds is 5. The van der Waals surface area contributed by atoms with Gasteiger partial charge in [-0.2, -0.15) is 0 Å². The molecule has 1 amide bonds. The van der Waals surface area contributed by atoms with Crippen LogP contribution in [-0.2, 0) is 11.3 Å². The van der Waals surface area contributed by atoms with Crippen LogP contribution in [0, 0.1) is 13.7 Å². The number of carboxylic acids is 1. The van der Waals surface area contributed by atoms with Crippen molar-refractivity contribution in [2.24, 2.45) is 0 Å². The molecule has 0 aliphatic rings. The van der Waals surface area contributed by atoms with Crippen LogP contribution in [0.15, 0.2) is 42.5 Å². The minimum atomic E-state index is -1.30. The molecule has 2 N–H and O–H groups in total. The molecular weight excluding hydrogens is 431 g/mol. The molecule has 0 atom stereocenters. The molecule has 124 valence electrons. The second-order valence-corrected chi connectivity index (χ2v) is 5.76. The molecule has 0 aromatic heterocycles. The number of ether oxygens (including phenoxy) is 1. The van der Waals surface area contributed by atoms with Gasteiger partial charge in [-0.3, -0.25) is 15.4 Å². The van der Waals surface area contributed by atoms with Crippen molar-refractivity contribution in [2.75, 3.05) is 5.32 Å². The Hall–Kier alpha value is -2.69. The lowest BCUT2D eigenvalue weighted by molar-refractivity contribution is -0.384. The fourth-order valence-electron chi connectivity index (χ4n) is 1.84. The number of anilines is 1. The van der Waals surface area contributed by atoms with E-state index in [1.807, 2.05) is 6.07 Å². The van der Waals surface area contributed by atoms with Gasteiger partial charge >= 0.3 is 12.1 Å². The van der Waals surface area contributed by atoms with Crippen molar-refractivity contribution in [3.05, 3.63) is 67.3 Å². The number of nitro groups is 1. The van der Waals surface area contributed by atoms with Crippen LogP contribution in [0.2, 0.25) is 0 Å². The summed E-state index contributed by atoms with van der Waals surface area (Å²) in [6.45, 7) is 0.00423. The minimum absolute atomic E-state index is 0.00423. The average molecular weight is 442 g/mol. The van der Waals surface area contributed by atoms with Gasteiger partial charge in [-0.1, -0.05) is 30.3 Å². The molecule has 0 heterocycles. The lowest BCUT2D eigenvalue weighted by atomic mass is 10.1. The Morgan fingerprint density at radius 3 is 2.50 bits per heavy atom. The highest BCUT2D eigenvalue weighted by Gasteiger charge is 2.23. The van der Waals surface area contributed by atoms with E-state index in [0.29, 0.717) is 0 Å². The molecule has 0 radical (unpaired) electrons. The number of carboxylic acid groups (broad SMARTS) is 1. The third-order valence-electron chi connectivity index (χ3n) is 2.95. The molecule has 24 heavy (non-hydrogen) atoms. The van der Waals surface area contributed by atoms with E-state index in [-0.39, 0.29) is 21.4 Å². The molecule has 0 bridgehead atoms. The molecule has 2 aromatic carbocycles. The molecule has 2 rings (SSSR count). The van der Waals surface area contributed by atoms with Crippen LogP contribution >= 0.6 is 22.6 Å². The Labute approximate surface area is 149 Å². The van der Waals surface area contributed by atoms with E-state index in [1.54, 1.807) is 46.9 Å². The van der Waals surface area contributed by atoms with E-state index in [1.165, 1.54) is 6.07 Å². The average Bonchev–Trinajstić information content (AvgIpc) is 2.55. The summed E-state index contributed by atoms with van der Waals surface area (Å²) in [7, 11) is 0. The molecule has 2 aromatic rings. The number of amides is 1. The SMILES string of the molecule is O=C(Nc1c(I)cc(C(=O)O)cc1[N+](=O)[O-])OCc1ccccc1. The van der Waals surface area contributed by atoms with E-state index in [9.17, 15) is 19.7 Å². The molecule has 0 unspecified atom stereocenters. The molecule has 0 saturated carbocycles. The summed E-state index contributed by atoms with van der Waals surface area (Å²) in [5.74, 6) is -1.30. The number of carbonyl (C=O) groups excluding carboxylic acids is 1. The number of nitro benzene ring substituents is 1.